The normalized spacial score (nSPS) is 10.4. The first-order valence-corrected chi connectivity index (χ1v) is 4.86. The minimum absolute atomic E-state index is 0.0475. The lowest BCUT2D eigenvalue weighted by Crippen LogP contribution is -1.77. The number of phenols is 1. The van der Waals surface area contributed by atoms with E-state index in [9.17, 15) is 9.50 Å². The fraction of sp³-hybridized carbons (Fsp3) is 0.100. The highest BCUT2D eigenvalue weighted by atomic mass is 32.1. The van der Waals surface area contributed by atoms with Gasteiger partial charge in [0, 0.05) is 11.6 Å². The molecule has 0 aliphatic heterocycles. The van der Waals surface area contributed by atoms with Crippen LogP contribution >= 0.6 is 11.5 Å². The van der Waals surface area contributed by atoms with Crippen LogP contribution in [0.25, 0.3) is 10.4 Å². The third kappa shape index (κ3) is 1.61. The molecule has 1 heterocycles. The molecule has 0 fully saturated rings. The Morgan fingerprint density at radius 1 is 1.36 bits per heavy atom. The molecule has 0 radical (unpaired) electrons. The molecule has 0 saturated heterocycles. The molecule has 14 heavy (non-hydrogen) atoms. The second-order valence-corrected chi connectivity index (χ2v) is 3.80. The summed E-state index contributed by atoms with van der Waals surface area (Å²) in [5.74, 6) is -0.485. The van der Waals surface area contributed by atoms with Crippen LogP contribution in [0.15, 0.2) is 24.3 Å². The average molecular weight is 209 g/mol. The standard InChI is InChI=1S/C10H8FNOS/c1-6-4-10(14-12-6)8-3-2-7(11)5-9(8)13/h2-5,13H,1H3. The summed E-state index contributed by atoms with van der Waals surface area (Å²) < 4.78 is 16.8. The van der Waals surface area contributed by atoms with Crippen LogP contribution in [0.5, 0.6) is 5.75 Å². The Balaban J connectivity index is 2.52. The lowest BCUT2D eigenvalue weighted by molar-refractivity contribution is 0.471. The number of hydrogen-bond donors (Lipinski definition) is 1. The first kappa shape index (κ1) is 9.15. The summed E-state index contributed by atoms with van der Waals surface area (Å²) >= 11 is 1.29. The van der Waals surface area contributed by atoms with Crippen LogP contribution in [-0.4, -0.2) is 9.48 Å². The van der Waals surface area contributed by atoms with Gasteiger partial charge in [-0.1, -0.05) is 0 Å². The van der Waals surface area contributed by atoms with Gasteiger partial charge in [-0.15, -0.1) is 0 Å². The molecule has 72 valence electrons. The van der Waals surface area contributed by atoms with Crippen molar-refractivity contribution in [2.24, 2.45) is 0 Å². The van der Waals surface area contributed by atoms with Gasteiger partial charge in [0.15, 0.2) is 0 Å². The van der Waals surface area contributed by atoms with Gasteiger partial charge < -0.3 is 5.11 Å². The number of hydrogen-bond acceptors (Lipinski definition) is 3. The topological polar surface area (TPSA) is 33.1 Å². The molecule has 0 bridgehead atoms. The van der Waals surface area contributed by atoms with Gasteiger partial charge in [-0.05, 0) is 36.7 Å². The number of aromatic nitrogens is 1. The minimum atomic E-state index is -0.438. The van der Waals surface area contributed by atoms with Crippen LogP contribution < -0.4 is 0 Å². The molecular weight excluding hydrogens is 201 g/mol. The van der Waals surface area contributed by atoms with Crippen molar-refractivity contribution < 1.29 is 9.50 Å². The summed E-state index contributed by atoms with van der Waals surface area (Å²) in [6.45, 7) is 1.88. The van der Waals surface area contributed by atoms with Gasteiger partial charge in [-0.25, -0.2) is 4.39 Å². The molecule has 0 aliphatic carbocycles. The highest BCUT2D eigenvalue weighted by Crippen LogP contribution is 2.32. The molecular formula is C10H8FNOS. The number of aryl methyl sites for hydroxylation is 1. The third-order valence-corrected chi connectivity index (χ3v) is 2.77. The summed E-state index contributed by atoms with van der Waals surface area (Å²) in [6.07, 6.45) is 0. The Kier molecular flexibility index (Phi) is 2.21. The van der Waals surface area contributed by atoms with Gasteiger partial charge in [-0.3, -0.25) is 0 Å². The molecule has 0 spiro atoms. The zero-order valence-electron chi connectivity index (χ0n) is 7.49. The summed E-state index contributed by atoms with van der Waals surface area (Å²) in [5, 5.41) is 9.49. The summed E-state index contributed by atoms with van der Waals surface area (Å²) in [6, 6.07) is 5.84. The van der Waals surface area contributed by atoms with E-state index in [1.807, 2.05) is 13.0 Å². The van der Waals surface area contributed by atoms with Gasteiger partial charge >= 0.3 is 0 Å². The Morgan fingerprint density at radius 2 is 2.14 bits per heavy atom. The quantitative estimate of drug-likeness (QED) is 0.783. The lowest BCUT2D eigenvalue weighted by Gasteiger charge is -1.99. The SMILES string of the molecule is Cc1cc(-c2ccc(F)cc2O)sn1. The zero-order valence-corrected chi connectivity index (χ0v) is 8.31. The van der Waals surface area contributed by atoms with E-state index in [4.69, 9.17) is 0 Å². The van der Waals surface area contributed by atoms with Crippen LogP contribution in [0, 0.1) is 12.7 Å². The summed E-state index contributed by atoms with van der Waals surface area (Å²) in [5.41, 5.74) is 1.52. The van der Waals surface area contributed by atoms with E-state index in [1.54, 1.807) is 6.07 Å². The number of nitrogens with zero attached hydrogens (tertiary/aromatic N) is 1. The molecule has 2 rings (SSSR count). The minimum Gasteiger partial charge on any atom is -0.507 e. The average Bonchev–Trinajstić information content (AvgIpc) is 2.51. The molecule has 0 atom stereocenters. The van der Waals surface area contributed by atoms with E-state index in [-0.39, 0.29) is 5.75 Å². The smallest absolute Gasteiger partial charge is 0.127 e. The van der Waals surface area contributed by atoms with Crippen LogP contribution in [0.2, 0.25) is 0 Å². The number of halogens is 1. The highest BCUT2D eigenvalue weighted by molar-refractivity contribution is 7.09. The Hall–Kier alpha value is -1.42. The van der Waals surface area contributed by atoms with Crippen molar-refractivity contribution in [3.05, 3.63) is 35.8 Å². The van der Waals surface area contributed by atoms with E-state index in [2.05, 4.69) is 4.37 Å². The molecule has 1 aromatic carbocycles. The van der Waals surface area contributed by atoms with Gasteiger partial charge in [0.25, 0.3) is 0 Å². The highest BCUT2D eigenvalue weighted by Gasteiger charge is 2.07. The van der Waals surface area contributed by atoms with Crippen LogP contribution in [-0.2, 0) is 0 Å². The van der Waals surface area contributed by atoms with Gasteiger partial charge in [0.1, 0.15) is 11.6 Å². The summed E-state index contributed by atoms with van der Waals surface area (Å²) in [7, 11) is 0. The monoisotopic (exact) mass is 209 g/mol. The molecule has 1 N–H and O–H groups in total. The van der Waals surface area contributed by atoms with Crippen LogP contribution in [0.4, 0.5) is 4.39 Å². The fourth-order valence-electron chi connectivity index (χ4n) is 1.20. The van der Waals surface area contributed by atoms with E-state index >= 15 is 0 Å². The van der Waals surface area contributed by atoms with Crippen molar-refractivity contribution in [2.45, 2.75) is 6.92 Å². The predicted molar refractivity (Wildman–Crippen MR) is 53.9 cm³/mol. The Bertz CT molecular complexity index is 467. The van der Waals surface area contributed by atoms with Crippen molar-refractivity contribution in [1.82, 2.24) is 4.37 Å². The number of phenolic OH excluding ortho intramolecular Hbond substituents is 1. The molecule has 0 amide bonds. The van der Waals surface area contributed by atoms with E-state index in [0.717, 1.165) is 16.6 Å². The van der Waals surface area contributed by atoms with E-state index < -0.39 is 5.82 Å². The van der Waals surface area contributed by atoms with Crippen LogP contribution in [0.3, 0.4) is 0 Å². The molecule has 4 heteroatoms. The molecule has 0 aliphatic rings. The molecule has 2 nitrogen and oxygen atoms in total. The molecule has 0 saturated carbocycles. The van der Waals surface area contributed by atoms with Crippen LogP contribution in [0.1, 0.15) is 5.69 Å². The Labute approximate surface area is 84.8 Å². The maximum atomic E-state index is 12.7. The van der Waals surface area contributed by atoms with Crippen molar-refractivity contribution in [2.75, 3.05) is 0 Å². The van der Waals surface area contributed by atoms with Crippen molar-refractivity contribution in [3.63, 3.8) is 0 Å². The second-order valence-electron chi connectivity index (χ2n) is 2.99. The molecule has 2 aromatic rings. The Morgan fingerprint density at radius 3 is 2.71 bits per heavy atom. The molecule has 1 aromatic heterocycles. The van der Waals surface area contributed by atoms with Crippen molar-refractivity contribution in [3.8, 4) is 16.2 Å². The van der Waals surface area contributed by atoms with Gasteiger partial charge in [0.05, 0.1) is 10.6 Å². The summed E-state index contributed by atoms with van der Waals surface area (Å²) in [4.78, 5) is 0.847. The maximum absolute atomic E-state index is 12.7. The second kappa shape index (κ2) is 3.38. The number of benzene rings is 1. The predicted octanol–water partition coefficient (Wildman–Crippen LogP) is 2.96. The molecule has 0 unspecified atom stereocenters. The maximum Gasteiger partial charge on any atom is 0.127 e. The van der Waals surface area contributed by atoms with Gasteiger partial charge in [0.2, 0.25) is 0 Å². The number of aromatic hydroxyl groups is 1. The van der Waals surface area contributed by atoms with E-state index in [0.29, 0.717) is 5.56 Å². The van der Waals surface area contributed by atoms with Crippen molar-refractivity contribution >= 4 is 11.5 Å². The fourth-order valence-corrected chi connectivity index (χ4v) is 1.99. The third-order valence-electron chi connectivity index (χ3n) is 1.85. The van der Waals surface area contributed by atoms with Crippen molar-refractivity contribution in [1.29, 1.82) is 0 Å². The lowest BCUT2D eigenvalue weighted by atomic mass is 10.1. The largest absolute Gasteiger partial charge is 0.507 e. The first-order chi connectivity index (χ1) is 6.66. The van der Waals surface area contributed by atoms with E-state index in [1.165, 1.54) is 17.6 Å². The number of rotatable bonds is 1. The zero-order chi connectivity index (χ0) is 10.1. The first-order valence-electron chi connectivity index (χ1n) is 4.09. The van der Waals surface area contributed by atoms with Gasteiger partial charge in [-0.2, -0.15) is 4.37 Å².